The number of hydrogen-bond acceptors (Lipinski definition) is 3. The Hall–Kier alpha value is -1.81. The summed E-state index contributed by atoms with van der Waals surface area (Å²) in [6.07, 6.45) is 13.2. The number of amides is 1. The maximum atomic E-state index is 12.4. The molecule has 1 aliphatic rings. The first-order valence-electron chi connectivity index (χ1n) is 12.2. The van der Waals surface area contributed by atoms with Crippen molar-refractivity contribution in [1.82, 2.24) is 4.90 Å². The van der Waals surface area contributed by atoms with Gasteiger partial charge in [-0.1, -0.05) is 76.5 Å². The third-order valence-corrected chi connectivity index (χ3v) is 7.34. The van der Waals surface area contributed by atoms with Gasteiger partial charge in [0.25, 0.3) is 0 Å². The summed E-state index contributed by atoms with van der Waals surface area (Å²) in [7, 11) is 1.92. The normalized spacial score (nSPS) is 14.1. The number of carbonyl (C=O) groups excluding carboxylic acids is 1. The number of rotatable bonds is 13. The molecule has 0 spiro atoms. The summed E-state index contributed by atoms with van der Waals surface area (Å²) in [6, 6.07) is 10.6. The van der Waals surface area contributed by atoms with Gasteiger partial charge in [0.2, 0.25) is 5.91 Å². The van der Waals surface area contributed by atoms with Gasteiger partial charge >= 0.3 is 0 Å². The molecular weight excluding hydrogens is 402 g/mol. The average molecular weight is 442 g/mol. The first-order valence-corrected chi connectivity index (χ1v) is 13.1. The van der Waals surface area contributed by atoms with E-state index in [4.69, 9.17) is 4.74 Å². The van der Waals surface area contributed by atoms with Crippen LogP contribution >= 0.6 is 11.3 Å². The van der Waals surface area contributed by atoms with E-state index < -0.39 is 0 Å². The quantitative estimate of drug-likeness (QED) is 0.298. The van der Waals surface area contributed by atoms with Crippen LogP contribution in [-0.4, -0.2) is 24.5 Å². The minimum absolute atomic E-state index is 0.252. The molecule has 170 valence electrons. The van der Waals surface area contributed by atoms with Crippen LogP contribution in [0, 0.1) is 5.92 Å². The Morgan fingerprint density at radius 3 is 2.71 bits per heavy atom. The van der Waals surface area contributed by atoms with Crippen molar-refractivity contribution in [1.29, 1.82) is 0 Å². The zero-order chi connectivity index (χ0) is 21.9. The van der Waals surface area contributed by atoms with Crippen molar-refractivity contribution in [3.05, 3.63) is 40.6 Å². The second-order valence-electron chi connectivity index (χ2n) is 9.00. The van der Waals surface area contributed by atoms with Crippen LogP contribution in [0.5, 0.6) is 5.75 Å². The molecule has 1 amide bonds. The SMILES string of the molecule is CCCCCCCC(=O)N(C)Cc1cc(-c2ccccc2OCCC2CCCC2)cs1. The maximum Gasteiger partial charge on any atom is 0.222 e. The molecule has 3 rings (SSSR count). The molecular formula is C27H39NO2S. The van der Waals surface area contributed by atoms with Gasteiger partial charge in [-0.05, 0) is 41.8 Å². The summed E-state index contributed by atoms with van der Waals surface area (Å²) in [5.74, 6) is 2.07. The van der Waals surface area contributed by atoms with Crippen molar-refractivity contribution in [2.24, 2.45) is 5.92 Å². The Labute approximate surface area is 192 Å². The molecule has 1 aromatic heterocycles. The number of carbonyl (C=O) groups is 1. The lowest BCUT2D eigenvalue weighted by molar-refractivity contribution is -0.130. The molecule has 0 N–H and O–H groups in total. The van der Waals surface area contributed by atoms with Gasteiger partial charge in [0, 0.05) is 23.9 Å². The number of ether oxygens (including phenoxy) is 1. The highest BCUT2D eigenvalue weighted by molar-refractivity contribution is 7.10. The fourth-order valence-corrected chi connectivity index (χ4v) is 5.40. The van der Waals surface area contributed by atoms with Gasteiger partial charge in [0.05, 0.1) is 13.2 Å². The zero-order valence-corrected chi connectivity index (χ0v) is 20.2. The van der Waals surface area contributed by atoms with Crippen LogP contribution in [0.4, 0.5) is 0 Å². The molecule has 3 nitrogen and oxygen atoms in total. The first-order chi connectivity index (χ1) is 15.2. The number of hydrogen-bond donors (Lipinski definition) is 0. The van der Waals surface area contributed by atoms with Crippen molar-refractivity contribution in [2.75, 3.05) is 13.7 Å². The molecule has 0 bridgehead atoms. The van der Waals surface area contributed by atoms with Crippen LogP contribution in [0.1, 0.15) is 82.4 Å². The summed E-state index contributed by atoms with van der Waals surface area (Å²) in [5, 5.41) is 2.19. The highest BCUT2D eigenvalue weighted by atomic mass is 32.1. The zero-order valence-electron chi connectivity index (χ0n) is 19.4. The summed E-state index contributed by atoms with van der Waals surface area (Å²) >= 11 is 1.73. The van der Waals surface area contributed by atoms with E-state index in [1.165, 1.54) is 55.4 Å². The van der Waals surface area contributed by atoms with Gasteiger partial charge in [0.15, 0.2) is 0 Å². The van der Waals surface area contributed by atoms with Crippen molar-refractivity contribution in [3.63, 3.8) is 0 Å². The van der Waals surface area contributed by atoms with Crippen LogP contribution in [0.15, 0.2) is 35.7 Å². The summed E-state index contributed by atoms with van der Waals surface area (Å²) < 4.78 is 6.19. The number of nitrogens with zero attached hydrogens (tertiary/aromatic N) is 1. The number of thiophene rings is 1. The summed E-state index contributed by atoms with van der Waals surface area (Å²) in [5.41, 5.74) is 2.35. The second kappa shape index (κ2) is 12.9. The smallest absolute Gasteiger partial charge is 0.222 e. The van der Waals surface area contributed by atoms with Gasteiger partial charge in [-0.2, -0.15) is 0 Å². The number of unbranched alkanes of at least 4 members (excludes halogenated alkanes) is 4. The molecule has 1 aromatic carbocycles. The molecule has 0 radical (unpaired) electrons. The van der Waals surface area contributed by atoms with Crippen molar-refractivity contribution in [3.8, 4) is 16.9 Å². The third kappa shape index (κ3) is 7.68. The predicted molar refractivity (Wildman–Crippen MR) is 132 cm³/mol. The molecule has 0 atom stereocenters. The topological polar surface area (TPSA) is 29.5 Å². The van der Waals surface area contributed by atoms with Crippen LogP contribution in [0.2, 0.25) is 0 Å². The van der Waals surface area contributed by atoms with E-state index in [0.717, 1.165) is 43.1 Å². The minimum Gasteiger partial charge on any atom is -0.493 e. The standard InChI is InChI=1S/C27H39NO2S/c1-3-4-5-6-7-16-27(29)28(2)20-24-19-23(21-31-24)25-14-10-11-15-26(25)30-18-17-22-12-8-9-13-22/h10-11,14-15,19,21-22H,3-9,12-13,16-18,20H2,1-2H3. The van der Waals surface area contributed by atoms with Gasteiger partial charge in [-0.25, -0.2) is 0 Å². The fraction of sp³-hybridized carbons (Fsp3) is 0.593. The Balaban J connectivity index is 1.51. The van der Waals surface area contributed by atoms with Crippen LogP contribution in [0.3, 0.4) is 0 Å². The Bertz CT molecular complexity index is 794. The van der Waals surface area contributed by atoms with E-state index in [2.05, 4.69) is 42.6 Å². The van der Waals surface area contributed by atoms with Crippen LogP contribution in [0.25, 0.3) is 11.1 Å². The molecule has 1 saturated carbocycles. The average Bonchev–Trinajstić information content (AvgIpc) is 3.46. The molecule has 1 aliphatic carbocycles. The molecule has 1 heterocycles. The molecule has 2 aromatic rings. The van der Waals surface area contributed by atoms with Crippen molar-refractivity contribution >= 4 is 17.2 Å². The largest absolute Gasteiger partial charge is 0.493 e. The second-order valence-corrected chi connectivity index (χ2v) is 10.00. The molecule has 31 heavy (non-hydrogen) atoms. The number of benzene rings is 1. The minimum atomic E-state index is 0.252. The highest BCUT2D eigenvalue weighted by Gasteiger charge is 2.16. The van der Waals surface area contributed by atoms with E-state index in [9.17, 15) is 4.79 Å². The lowest BCUT2D eigenvalue weighted by atomic mass is 10.0. The Morgan fingerprint density at radius 1 is 1.13 bits per heavy atom. The Kier molecular flexibility index (Phi) is 9.92. The van der Waals surface area contributed by atoms with E-state index in [0.29, 0.717) is 13.0 Å². The van der Waals surface area contributed by atoms with Gasteiger partial charge in [0.1, 0.15) is 5.75 Å². The summed E-state index contributed by atoms with van der Waals surface area (Å²) in [4.78, 5) is 15.5. The van der Waals surface area contributed by atoms with Gasteiger partial charge < -0.3 is 9.64 Å². The first kappa shape index (κ1) is 23.8. The molecule has 4 heteroatoms. The lowest BCUT2D eigenvalue weighted by Gasteiger charge is -2.16. The molecule has 0 aliphatic heterocycles. The van der Waals surface area contributed by atoms with E-state index >= 15 is 0 Å². The number of para-hydroxylation sites is 1. The van der Waals surface area contributed by atoms with Crippen LogP contribution < -0.4 is 4.74 Å². The van der Waals surface area contributed by atoms with Gasteiger partial charge in [-0.15, -0.1) is 11.3 Å². The molecule has 0 saturated heterocycles. The van der Waals surface area contributed by atoms with E-state index in [-0.39, 0.29) is 5.91 Å². The maximum absolute atomic E-state index is 12.4. The fourth-order valence-electron chi connectivity index (χ4n) is 4.46. The van der Waals surface area contributed by atoms with Crippen molar-refractivity contribution in [2.45, 2.75) is 84.1 Å². The van der Waals surface area contributed by atoms with Gasteiger partial charge in [-0.3, -0.25) is 4.79 Å². The molecule has 1 fully saturated rings. The lowest BCUT2D eigenvalue weighted by Crippen LogP contribution is -2.25. The Morgan fingerprint density at radius 2 is 1.90 bits per heavy atom. The predicted octanol–water partition coefficient (Wildman–Crippen LogP) is 7.69. The van der Waals surface area contributed by atoms with Crippen molar-refractivity contribution < 1.29 is 9.53 Å². The molecule has 0 unspecified atom stereocenters. The monoisotopic (exact) mass is 441 g/mol. The van der Waals surface area contributed by atoms with E-state index in [1.54, 1.807) is 11.3 Å². The highest BCUT2D eigenvalue weighted by Crippen LogP contribution is 2.34. The van der Waals surface area contributed by atoms with E-state index in [1.807, 2.05) is 11.9 Å². The third-order valence-electron chi connectivity index (χ3n) is 6.42. The summed E-state index contributed by atoms with van der Waals surface area (Å²) in [6.45, 7) is 3.70. The van der Waals surface area contributed by atoms with Crippen LogP contribution in [-0.2, 0) is 11.3 Å².